The molecular weight excluding hydrogens is 440 g/mol. The standard InChI is InChI=1S/C30H34O5/c1-2-18-32-30-28(34-22-26-16-10-5-11-17-26)19-27(33-21-25-14-8-4-9-15-25)29(35-30)23-31-20-24-12-6-3-7-13-24/h2-17,27-30H,1,18-23H2/t27-,28+,29+,30-/m0/s1. The monoisotopic (exact) mass is 474 g/mol. The van der Waals surface area contributed by atoms with Crippen LogP contribution in [0, 0.1) is 0 Å². The highest BCUT2D eigenvalue weighted by atomic mass is 16.7. The van der Waals surface area contributed by atoms with Crippen LogP contribution in [0.3, 0.4) is 0 Å². The molecule has 0 aliphatic carbocycles. The normalized spacial score (nSPS) is 22.1. The minimum Gasteiger partial charge on any atom is -0.374 e. The summed E-state index contributed by atoms with van der Waals surface area (Å²) >= 11 is 0. The lowest BCUT2D eigenvalue weighted by atomic mass is 10.0. The largest absolute Gasteiger partial charge is 0.374 e. The number of hydrogen-bond acceptors (Lipinski definition) is 5. The van der Waals surface area contributed by atoms with Crippen molar-refractivity contribution in [2.24, 2.45) is 0 Å². The molecule has 0 amide bonds. The van der Waals surface area contributed by atoms with Crippen LogP contribution in [-0.4, -0.2) is 37.8 Å². The maximum absolute atomic E-state index is 6.38. The minimum absolute atomic E-state index is 0.199. The van der Waals surface area contributed by atoms with Crippen molar-refractivity contribution in [3.8, 4) is 0 Å². The van der Waals surface area contributed by atoms with Gasteiger partial charge in [0, 0.05) is 6.42 Å². The summed E-state index contributed by atoms with van der Waals surface area (Å²) in [5.41, 5.74) is 3.34. The van der Waals surface area contributed by atoms with E-state index in [4.69, 9.17) is 23.7 Å². The molecule has 5 nitrogen and oxygen atoms in total. The molecule has 3 aromatic rings. The van der Waals surface area contributed by atoms with Gasteiger partial charge in [0.1, 0.15) is 12.2 Å². The molecule has 3 aromatic carbocycles. The van der Waals surface area contributed by atoms with E-state index in [0.29, 0.717) is 39.5 Å². The predicted octanol–water partition coefficient (Wildman–Crippen LogP) is 5.69. The van der Waals surface area contributed by atoms with Crippen LogP contribution in [0.15, 0.2) is 104 Å². The molecule has 0 saturated carbocycles. The van der Waals surface area contributed by atoms with Crippen molar-refractivity contribution in [3.05, 3.63) is 120 Å². The summed E-state index contributed by atoms with van der Waals surface area (Å²) < 4.78 is 31.0. The van der Waals surface area contributed by atoms with E-state index in [9.17, 15) is 0 Å². The highest BCUT2D eigenvalue weighted by Crippen LogP contribution is 2.28. The lowest BCUT2D eigenvalue weighted by Gasteiger charge is -2.40. The summed E-state index contributed by atoms with van der Waals surface area (Å²) in [4.78, 5) is 0. The van der Waals surface area contributed by atoms with Crippen molar-refractivity contribution >= 4 is 0 Å². The number of ether oxygens (including phenoxy) is 5. The fourth-order valence-electron chi connectivity index (χ4n) is 4.04. The molecule has 0 radical (unpaired) electrons. The second-order valence-electron chi connectivity index (χ2n) is 8.57. The Morgan fingerprint density at radius 1 is 0.686 bits per heavy atom. The van der Waals surface area contributed by atoms with Crippen LogP contribution in [-0.2, 0) is 43.5 Å². The van der Waals surface area contributed by atoms with Crippen LogP contribution in [0.1, 0.15) is 23.1 Å². The number of benzene rings is 3. The molecule has 1 aliphatic rings. The van der Waals surface area contributed by atoms with E-state index in [0.717, 1.165) is 16.7 Å². The van der Waals surface area contributed by atoms with Crippen molar-refractivity contribution in [1.82, 2.24) is 0 Å². The topological polar surface area (TPSA) is 46.2 Å². The fourth-order valence-corrected chi connectivity index (χ4v) is 4.04. The molecule has 1 heterocycles. The molecule has 4 atom stereocenters. The van der Waals surface area contributed by atoms with Gasteiger partial charge in [-0.05, 0) is 16.7 Å². The van der Waals surface area contributed by atoms with Gasteiger partial charge in [-0.2, -0.15) is 0 Å². The quantitative estimate of drug-likeness (QED) is 0.298. The first-order valence-corrected chi connectivity index (χ1v) is 12.1. The van der Waals surface area contributed by atoms with Crippen LogP contribution >= 0.6 is 0 Å². The Morgan fingerprint density at radius 3 is 1.74 bits per heavy atom. The first kappa shape index (κ1) is 25.3. The van der Waals surface area contributed by atoms with Crippen molar-refractivity contribution in [3.63, 3.8) is 0 Å². The number of hydrogen-bond donors (Lipinski definition) is 0. The van der Waals surface area contributed by atoms with Crippen molar-refractivity contribution in [1.29, 1.82) is 0 Å². The van der Waals surface area contributed by atoms with Crippen LogP contribution in [0.4, 0.5) is 0 Å². The van der Waals surface area contributed by atoms with Gasteiger partial charge >= 0.3 is 0 Å². The van der Waals surface area contributed by atoms with Gasteiger partial charge in [-0.15, -0.1) is 6.58 Å². The first-order chi connectivity index (χ1) is 17.3. The first-order valence-electron chi connectivity index (χ1n) is 12.1. The molecule has 1 saturated heterocycles. The lowest BCUT2D eigenvalue weighted by Crippen LogP contribution is -2.52. The van der Waals surface area contributed by atoms with E-state index in [1.807, 2.05) is 66.7 Å². The third kappa shape index (κ3) is 8.13. The molecule has 0 unspecified atom stereocenters. The molecule has 4 rings (SSSR count). The summed E-state index contributed by atoms with van der Waals surface area (Å²) in [7, 11) is 0. The van der Waals surface area contributed by atoms with Crippen molar-refractivity contribution in [2.75, 3.05) is 13.2 Å². The zero-order chi connectivity index (χ0) is 24.1. The molecule has 35 heavy (non-hydrogen) atoms. The van der Waals surface area contributed by atoms with E-state index < -0.39 is 6.29 Å². The fraction of sp³-hybridized carbons (Fsp3) is 0.333. The van der Waals surface area contributed by atoms with Gasteiger partial charge < -0.3 is 23.7 Å². The molecule has 0 spiro atoms. The third-order valence-corrected chi connectivity index (χ3v) is 5.88. The Kier molecular flexibility index (Phi) is 10.1. The van der Waals surface area contributed by atoms with Gasteiger partial charge in [0.05, 0.1) is 39.1 Å². The molecule has 184 valence electrons. The second-order valence-corrected chi connectivity index (χ2v) is 8.57. The van der Waals surface area contributed by atoms with E-state index in [1.165, 1.54) is 0 Å². The Morgan fingerprint density at radius 2 is 1.20 bits per heavy atom. The Labute approximate surface area is 208 Å². The van der Waals surface area contributed by atoms with Gasteiger partial charge in [-0.1, -0.05) is 97.1 Å². The van der Waals surface area contributed by atoms with Gasteiger partial charge in [0.25, 0.3) is 0 Å². The summed E-state index contributed by atoms with van der Waals surface area (Å²) in [5, 5.41) is 0. The Balaban J connectivity index is 1.42. The molecule has 1 aliphatic heterocycles. The summed E-state index contributed by atoms with van der Waals surface area (Å²) in [6.45, 7) is 6.03. The minimum atomic E-state index is -0.529. The van der Waals surface area contributed by atoms with Gasteiger partial charge in [-0.25, -0.2) is 0 Å². The smallest absolute Gasteiger partial charge is 0.184 e. The van der Waals surface area contributed by atoms with Gasteiger partial charge in [0.15, 0.2) is 6.29 Å². The maximum Gasteiger partial charge on any atom is 0.184 e. The zero-order valence-corrected chi connectivity index (χ0v) is 20.0. The summed E-state index contributed by atoms with van der Waals surface area (Å²) in [6, 6.07) is 30.4. The van der Waals surface area contributed by atoms with E-state index in [-0.39, 0.29) is 18.3 Å². The molecule has 1 fully saturated rings. The average Bonchev–Trinajstić information content (AvgIpc) is 2.92. The Hall–Kier alpha value is -2.80. The average molecular weight is 475 g/mol. The lowest BCUT2D eigenvalue weighted by molar-refractivity contribution is -0.287. The van der Waals surface area contributed by atoms with E-state index >= 15 is 0 Å². The molecular formula is C30H34O5. The SMILES string of the molecule is C=CCO[C@H]1O[C@H](COCc2ccccc2)[C@@H](OCc2ccccc2)C[C@H]1OCc1ccccc1. The number of rotatable bonds is 13. The van der Waals surface area contributed by atoms with Crippen LogP contribution < -0.4 is 0 Å². The second kappa shape index (κ2) is 13.9. The van der Waals surface area contributed by atoms with E-state index in [2.05, 4.69) is 30.8 Å². The molecule has 0 aromatic heterocycles. The zero-order valence-electron chi connectivity index (χ0n) is 20.0. The van der Waals surface area contributed by atoms with Crippen molar-refractivity contribution < 1.29 is 23.7 Å². The summed E-state index contributed by atoms with van der Waals surface area (Å²) in [6.07, 6.45) is 1.07. The van der Waals surface area contributed by atoms with Crippen LogP contribution in [0.2, 0.25) is 0 Å². The molecule has 5 heteroatoms. The molecule has 0 N–H and O–H groups in total. The van der Waals surface area contributed by atoms with Crippen LogP contribution in [0.25, 0.3) is 0 Å². The van der Waals surface area contributed by atoms with Gasteiger partial charge in [0.2, 0.25) is 0 Å². The maximum atomic E-state index is 6.38. The Bertz CT molecular complexity index is 979. The van der Waals surface area contributed by atoms with Crippen LogP contribution in [0.5, 0.6) is 0 Å². The summed E-state index contributed by atoms with van der Waals surface area (Å²) in [5.74, 6) is 0. The highest BCUT2D eigenvalue weighted by Gasteiger charge is 2.40. The molecule has 0 bridgehead atoms. The highest BCUT2D eigenvalue weighted by molar-refractivity contribution is 5.15. The van der Waals surface area contributed by atoms with E-state index in [1.54, 1.807) is 6.08 Å². The van der Waals surface area contributed by atoms with Gasteiger partial charge in [-0.3, -0.25) is 0 Å². The van der Waals surface area contributed by atoms with Crippen molar-refractivity contribution in [2.45, 2.75) is 50.8 Å². The predicted molar refractivity (Wildman–Crippen MR) is 136 cm³/mol. The third-order valence-electron chi connectivity index (χ3n) is 5.88.